The van der Waals surface area contributed by atoms with Gasteiger partial charge in [0.05, 0.1) is 13.0 Å². The smallest absolute Gasteiger partial charge is 0.313 e. The largest absolute Gasteiger partial charge is 0.566 e. The number of nitrogens with one attached hydrogen (secondary N) is 1. The Morgan fingerprint density at radius 1 is 1.22 bits per heavy atom. The van der Waals surface area contributed by atoms with Crippen molar-refractivity contribution in [2.75, 3.05) is 20.3 Å². The second-order valence-electron chi connectivity index (χ2n) is 4.98. The molecule has 23 heavy (non-hydrogen) atoms. The summed E-state index contributed by atoms with van der Waals surface area (Å²) in [5.74, 6) is -0.102. The van der Waals surface area contributed by atoms with Gasteiger partial charge in [-0.3, -0.25) is 4.79 Å². The first kappa shape index (κ1) is 17.2. The first-order valence-electron chi connectivity index (χ1n) is 7.11. The van der Waals surface area contributed by atoms with E-state index in [4.69, 9.17) is 14.7 Å². The summed E-state index contributed by atoms with van der Waals surface area (Å²) in [5, 5.41) is 19.2. The van der Waals surface area contributed by atoms with Crippen molar-refractivity contribution < 1.29 is 29.7 Å². The number of fused-ring (bicyclic) bond motifs is 1. The van der Waals surface area contributed by atoms with Crippen molar-refractivity contribution in [2.45, 2.75) is 12.8 Å². The lowest BCUT2D eigenvalue weighted by Crippen LogP contribution is -3.03. The first-order chi connectivity index (χ1) is 11.0. The van der Waals surface area contributed by atoms with E-state index in [1.807, 2.05) is 36.4 Å². The molecule has 0 spiro atoms. The summed E-state index contributed by atoms with van der Waals surface area (Å²) in [6, 6.07) is 11.4. The number of esters is 1. The highest BCUT2D eigenvalue weighted by Crippen LogP contribution is 2.25. The molecule has 0 aromatic heterocycles. The molecule has 124 valence electrons. The van der Waals surface area contributed by atoms with Gasteiger partial charge in [-0.1, -0.05) is 29.7 Å². The second-order valence-corrected chi connectivity index (χ2v) is 4.98. The molecule has 0 saturated heterocycles. The topological polar surface area (TPSA) is 92.5 Å². The van der Waals surface area contributed by atoms with E-state index < -0.39 is 17.3 Å². The zero-order valence-corrected chi connectivity index (χ0v) is 12.9. The molecule has 2 rings (SSSR count). The summed E-state index contributed by atoms with van der Waals surface area (Å²) >= 11 is 0. The lowest BCUT2D eigenvalue weighted by Gasteiger charge is -2.14. The van der Waals surface area contributed by atoms with Gasteiger partial charge < -0.3 is 14.7 Å². The van der Waals surface area contributed by atoms with Crippen LogP contribution in [0.4, 0.5) is 0 Å². The minimum Gasteiger partial charge on any atom is -0.566 e. The molecule has 1 unspecified atom stereocenters. The Morgan fingerprint density at radius 2 is 1.91 bits per heavy atom. The predicted molar refractivity (Wildman–Crippen MR) is 81.9 cm³/mol. The Morgan fingerprint density at radius 3 is 2.61 bits per heavy atom. The van der Waals surface area contributed by atoms with Crippen LogP contribution in [0.2, 0.25) is 0 Å². The van der Waals surface area contributed by atoms with Gasteiger partial charge >= 0.3 is 5.97 Å². The maximum absolute atomic E-state index is 12.0. The van der Waals surface area contributed by atoms with Crippen molar-refractivity contribution >= 4 is 16.7 Å². The standard InChI is InChI=1S/C16H19NO6/c1-11(16(18)22-7-8-23-17(19)20)12-3-4-14-10-15(21-2)6-5-13(14)9-12/h3-6,9-11,17,19H,7-8H2,1-2H3/t11-/m0/s1. The third kappa shape index (κ3) is 4.64. The van der Waals surface area contributed by atoms with Crippen molar-refractivity contribution in [1.29, 1.82) is 0 Å². The molecule has 0 saturated carbocycles. The molecular weight excluding hydrogens is 302 g/mol. The molecule has 0 aliphatic heterocycles. The Bertz CT molecular complexity index is 673. The maximum Gasteiger partial charge on any atom is 0.313 e. The molecule has 0 amide bonds. The van der Waals surface area contributed by atoms with Gasteiger partial charge in [-0.2, -0.15) is 10.0 Å². The van der Waals surface area contributed by atoms with Crippen molar-refractivity contribution in [3.63, 3.8) is 0 Å². The summed E-state index contributed by atoms with van der Waals surface area (Å²) in [6.45, 7) is 1.47. The molecule has 2 aromatic rings. The minimum absolute atomic E-state index is 0.0970. The normalized spacial score (nSPS) is 13.6. The SMILES string of the molecule is COc1ccc2cc([C@H](C)C(=O)OCCO[NH+]([O-])O)ccc2c1. The fourth-order valence-electron chi connectivity index (χ4n) is 2.17. The number of carbonyl (C=O) groups is 1. The van der Waals surface area contributed by atoms with E-state index >= 15 is 0 Å². The molecule has 7 nitrogen and oxygen atoms in total. The fraction of sp³-hybridized carbons (Fsp3) is 0.312. The Labute approximate surface area is 133 Å². The molecule has 2 N–H and O–H groups in total. The number of rotatable bonds is 7. The monoisotopic (exact) mass is 321 g/mol. The number of benzene rings is 2. The Hall–Kier alpha value is -2.19. The zero-order valence-electron chi connectivity index (χ0n) is 12.9. The van der Waals surface area contributed by atoms with Gasteiger partial charge in [0.1, 0.15) is 19.0 Å². The average Bonchev–Trinajstić information content (AvgIpc) is 2.56. The van der Waals surface area contributed by atoms with Crippen molar-refractivity contribution in [3.05, 3.63) is 47.2 Å². The van der Waals surface area contributed by atoms with Crippen LogP contribution < -0.4 is 10.1 Å². The minimum atomic E-state index is -1.39. The van der Waals surface area contributed by atoms with Crippen LogP contribution in [-0.2, 0) is 14.4 Å². The number of methoxy groups -OCH3 is 1. The van der Waals surface area contributed by atoms with Crippen LogP contribution >= 0.6 is 0 Å². The summed E-state index contributed by atoms with van der Waals surface area (Å²) < 4.78 is 10.2. The number of hydrogen-bond acceptors (Lipinski definition) is 6. The summed E-state index contributed by atoms with van der Waals surface area (Å²) in [5.41, 5.74) is 0.826. The second kappa shape index (κ2) is 7.89. The van der Waals surface area contributed by atoms with Crippen LogP contribution in [0, 0.1) is 5.21 Å². The van der Waals surface area contributed by atoms with E-state index in [1.54, 1.807) is 14.0 Å². The summed E-state index contributed by atoms with van der Waals surface area (Å²) in [7, 11) is 1.61. The summed E-state index contributed by atoms with van der Waals surface area (Å²) in [6.07, 6.45) is 0. The van der Waals surface area contributed by atoms with Crippen LogP contribution in [-0.4, -0.2) is 31.5 Å². The third-order valence-corrected chi connectivity index (χ3v) is 3.48. The van der Waals surface area contributed by atoms with E-state index in [1.165, 1.54) is 0 Å². The van der Waals surface area contributed by atoms with Crippen LogP contribution in [0.3, 0.4) is 0 Å². The predicted octanol–water partition coefficient (Wildman–Crippen LogP) is 1.20. The molecule has 0 heterocycles. The quantitative estimate of drug-likeness (QED) is 0.452. The molecule has 2 aromatic carbocycles. The zero-order chi connectivity index (χ0) is 16.8. The molecule has 0 aliphatic carbocycles. The molecule has 0 radical (unpaired) electrons. The van der Waals surface area contributed by atoms with Gasteiger partial charge in [-0.15, -0.1) is 0 Å². The van der Waals surface area contributed by atoms with Gasteiger partial charge in [0.15, 0.2) is 0 Å². The first-order valence-corrected chi connectivity index (χ1v) is 7.11. The highest BCUT2D eigenvalue weighted by Gasteiger charge is 2.17. The van der Waals surface area contributed by atoms with Crippen molar-refractivity contribution in [1.82, 2.24) is 0 Å². The number of carbonyl (C=O) groups excluding carboxylic acids is 1. The Balaban J connectivity index is 2.02. The lowest BCUT2D eigenvalue weighted by atomic mass is 9.98. The summed E-state index contributed by atoms with van der Waals surface area (Å²) in [4.78, 5) is 16.3. The van der Waals surface area contributed by atoms with Gasteiger partial charge in [0, 0.05) is 0 Å². The van der Waals surface area contributed by atoms with Crippen LogP contribution in [0.25, 0.3) is 10.8 Å². The Kier molecular flexibility index (Phi) is 5.89. The fourth-order valence-corrected chi connectivity index (χ4v) is 2.17. The highest BCUT2D eigenvalue weighted by atomic mass is 17.1. The van der Waals surface area contributed by atoms with E-state index in [0.717, 1.165) is 22.1 Å². The average molecular weight is 321 g/mol. The number of quaternary nitrogens is 1. The number of hydrogen-bond donors (Lipinski definition) is 2. The maximum atomic E-state index is 12.0. The van der Waals surface area contributed by atoms with Crippen molar-refractivity contribution in [2.24, 2.45) is 0 Å². The molecule has 7 heteroatoms. The molecular formula is C16H19NO6. The van der Waals surface area contributed by atoms with Gasteiger partial charge in [-0.05, 0) is 35.4 Å². The molecule has 2 atom stereocenters. The van der Waals surface area contributed by atoms with Gasteiger partial charge in [-0.25, -0.2) is 0 Å². The van der Waals surface area contributed by atoms with E-state index in [0.29, 0.717) is 0 Å². The van der Waals surface area contributed by atoms with Crippen LogP contribution in [0.1, 0.15) is 18.4 Å². The van der Waals surface area contributed by atoms with Gasteiger partial charge in [0.2, 0.25) is 0 Å². The van der Waals surface area contributed by atoms with E-state index in [2.05, 4.69) is 4.84 Å². The van der Waals surface area contributed by atoms with Crippen molar-refractivity contribution in [3.8, 4) is 5.75 Å². The third-order valence-electron chi connectivity index (χ3n) is 3.48. The van der Waals surface area contributed by atoms with Crippen LogP contribution in [0.15, 0.2) is 36.4 Å². The van der Waals surface area contributed by atoms with Crippen LogP contribution in [0.5, 0.6) is 5.75 Å². The van der Waals surface area contributed by atoms with E-state index in [9.17, 15) is 10.0 Å². The molecule has 0 aliphatic rings. The number of ether oxygens (including phenoxy) is 2. The van der Waals surface area contributed by atoms with Gasteiger partial charge in [0.25, 0.3) is 0 Å². The highest BCUT2D eigenvalue weighted by molar-refractivity contribution is 5.86. The molecule has 0 bridgehead atoms. The lowest BCUT2D eigenvalue weighted by molar-refractivity contribution is -1.21. The van der Waals surface area contributed by atoms with E-state index in [-0.39, 0.29) is 13.2 Å². The molecule has 0 fully saturated rings.